The van der Waals surface area contributed by atoms with Crippen molar-refractivity contribution in [3.05, 3.63) is 12.3 Å². The first-order valence-corrected chi connectivity index (χ1v) is 7.91. The third kappa shape index (κ3) is 4.20. The minimum absolute atomic E-state index is 0. The molecular formula is C15H23ClF2N4O. The number of hydrogen-bond acceptors (Lipinski definition) is 3. The monoisotopic (exact) mass is 348 g/mol. The average Bonchev–Trinajstić information content (AvgIpc) is 2.84. The van der Waals surface area contributed by atoms with E-state index in [1.54, 1.807) is 6.07 Å². The second-order valence-corrected chi connectivity index (χ2v) is 6.50. The van der Waals surface area contributed by atoms with E-state index in [1.807, 2.05) is 0 Å². The highest BCUT2D eigenvalue weighted by atomic mass is 35.5. The fourth-order valence-corrected chi connectivity index (χ4v) is 3.90. The Hall–Kier alpha value is -1.21. The molecule has 0 aromatic carbocycles. The van der Waals surface area contributed by atoms with E-state index < -0.39 is 13.0 Å². The van der Waals surface area contributed by atoms with E-state index in [0.29, 0.717) is 17.7 Å². The smallest absolute Gasteiger partial charge is 0.257 e. The second kappa shape index (κ2) is 7.57. The van der Waals surface area contributed by atoms with Crippen molar-refractivity contribution in [3.8, 4) is 0 Å². The van der Waals surface area contributed by atoms with Crippen LogP contribution in [0.4, 0.5) is 14.6 Å². The zero-order valence-electron chi connectivity index (χ0n) is 12.8. The average molecular weight is 349 g/mol. The molecule has 2 atom stereocenters. The Kier molecular flexibility index (Phi) is 5.97. The Labute approximate surface area is 140 Å². The molecule has 0 saturated heterocycles. The number of hydrogen-bond donors (Lipinski definition) is 2. The number of aromatic nitrogens is 2. The van der Waals surface area contributed by atoms with Crippen molar-refractivity contribution in [1.82, 2.24) is 9.78 Å². The Morgan fingerprint density at radius 2 is 2.04 bits per heavy atom. The van der Waals surface area contributed by atoms with Crippen molar-refractivity contribution < 1.29 is 13.6 Å². The van der Waals surface area contributed by atoms with Gasteiger partial charge >= 0.3 is 0 Å². The van der Waals surface area contributed by atoms with Crippen LogP contribution in [-0.2, 0) is 11.3 Å². The van der Waals surface area contributed by atoms with Crippen LogP contribution in [0.25, 0.3) is 0 Å². The van der Waals surface area contributed by atoms with E-state index in [1.165, 1.54) is 12.6 Å². The van der Waals surface area contributed by atoms with Crippen molar-refractivity contribution in [3.63, 3.8) is 0 Å². The number of fused-ring (bicyclic) bond motifs is 2. The highest BCUT2D eigenvalue weighted by Crippen LogP contribution is 2.42. The summed E-state index contributed by atoms with van der Waals surface area (Å²) in [5, 5.41) is 6.71. The number of alkyl halides is 2. The summed E-state index contributed by atoms with van der Waals surface area (Å²) in [6, 6.07) is 1.78. The van der Waals surface area contributed by atoms with E-state index in [0.717, 1.165) is 30.4 Å². The van der Waals surface area contributed by atoms with Crippen molar-refractivity contribution in [2.75, 3.05) is 5.32 Å². The van der Waals surface area contributed by atoms with Crippen LogP contribution in [0.3, 0.4) is 0 Å². The topological polar surface area (TPSA) is 72.9 Å². The van der Waals surface area contributed by atoms with Gasteiger partial charge in [-0.15, -0.1) is 12.4 Å². The third-order valence-corrected chi connectivity index (χ3v) is 5.00. The van der Waals surface area contributed by atoms with Gasteiger partial charge in [0.2, 0.25) is 5.91 Å². The first kappa shape index (κ1) is 18.1. The van der Waals surface area contributed by atoms with Crippen molar-refractivity contribution >= 4 is 24.1 Å². The molecule has 2 aliphatic rings. The predicted octanol–water partition coefficient (Wildman–Crippen LogP) is 2.66. The summed E-state index contributed by atoms with van der Waals surface area (Å²) >= 11 is 0. The molecule has 2 unspecified atom stereocenters. The van der Waals surface area contributed by atoms with Crippen LogP contribution in [0.1, 0.15) is 32.1 Å². The van der Waals surface area contributed by atoms with Crippen LogP contribution < -0.4 is 11.1 Å². The minimum Gasteiger partial charge on any atom is -0.327 e. The maximum atomic E-state index is 12.4. The molecule has 130 valence electrons. The molecule has 1 aromatic heterocycles. The van der Waals surface area contributed by atoms with Gasteiger partial charge in [-0.2, -0.15) is 5.10 Å². The number of amides is 1. The van der Waals surface area contributed by atoms with Crippen LogP contribution in [0.5, 0.6) is 0 Å². The second-order valence-electron chi connectivity index (χ2n) is 6.50. The number of nitrogens with two attached hydrogens (primary N) is 1. The van der Waals surface area contributed by atoms with E-state index in [4.69, 9.17) is 5.73 Å². The van der Waals surface area contributed by atoms with E-state index in [9.17, 15) is 13.6 Å². The quantitative estimate of drug-likeness (QED) is 0.878. The lowest BCUT2D eigenvalue weighted by Gasteiger charge is -2.43. The van der Waals surface area contributed by atoms with E-state index in [-0.39, 0.29) is 30.3 Å². The highest BCUT2D eigenvalue weighted by molar-refractivity contribution is 5.91. The number of halogens is 3. The van der Waals surface area contributed by atoms with Gasteiger partial charge in [-0.3, -0.25) is 9.48 Å². The minimum atomic E-state index is -2.46. The van der Waals surface area contributed by atoms with Gasteiger partial charge in [-0.05, 0) is 37.5 Å². The zero-order valence-corrected chi connectivity index (χ0v) is 13.6. The van der Waals surface area contributed by atoms with Crippen molar-refractivity contribution in [2.45, 2.75) is 51.1 Å². The molecule has 0 spiro atoms. The summed E-state index contributed by atoms with van der Waals surface area (Å²) in [6.07, 6.45) is 4.04. The molecule has 5 nitrogen and oxygen atoms in total. The number of carbonyl (C=O) groups excluding carboxylic acids is 1. The first-order valence-electron chi connectivity index (χ1n) is 7.91. The van der Waals surface area contributed by atoms with Gasteiger partial charge in [0, 0.05) is 24.2 Å². The molecule has 0 aliphatic heterocycles. The number of nitrogens with one attached hydrogen (secondary N) is 1. The van der Waals surface area contributed by atoms with Gasteiger partial charge < -0.3 is 11.1 Å². The molecular weight excluding hydrogens is 326 g/mol. The fourth-order valence-electron chi connectivity index (χ4n) is 3.90. The lowest BCUT2D eigenvalue weighted by molar-refractivity contribution is -0.122. The van der Waals surface area contributed by atoms with Crippen LogP contribution in [-0.4, -0.2) is 28.2 Å². The normalized spacial score (nSPS) is 29.9. The van der Waals surface area contributed by atoms with Gasteiger partial charge in [-0.1, -0.05) is 6.42 Å². The molecule has 2 bridgehead atoms. The number of nitrogens with zero attached hydrogens (tertiary/aromatic N) is 2. The van der Waals surface area contributed by atoms with Crippen molar-refractivity contribution in [1.29, 1.82) is 0 Å². The standard InChI is InChI=1S/C15H22F2N4O.ClH/c16-12(17)8-21-5-4-13(20-21)19-15(22)11-6-9-2-1-3-10(7-11)14(9)18;/h4-5,9-12,14H,1-3,6-8,18H2,(H,19,20,22);1H. The van der Waals surface area contributed by atoms with Gasteiger partial charge in [0.1, 0.15) is 6.54 Å². The van der Waals surface area contributed by atoms with Gasteiger partial charge in [0.15, 0.2) is 5.82 Å². The molecule has 1 aromatic rings. The summed E-state index contributed by atoms with van der Waals surface area (Å²) in [5.41, 5.74) is 6.23. The van der Waals surface area contributed by atoms with Gasteiger partial charge in [0.25, 0.3) is 6.43 Å². The van der Waals surface area contributed by atoms with Crippen LogP contribution in [0.2, 0.25) is 0 Å². The molecule has 3 N–H and O–H groups in total. The highest BCUT2D eigenvalue weighted by Gasteiger charge is 2.40. The molecule has 0 radical (unpaired) electrons. The molecule has 1 heterocycles. The Bertz CT molecular complexity index is 525. The summed E-state index contributed by atoms with van der Waals surface area (Å²) in [7, 11) is 0. The number of carbonyl (C=O) groups is 1. The van der Waals surface area contributed by atoms with Gasteiger partial charge in [-0.25, -0.2) is 8.78 Å². The fraction of sp³-hybridized carbons (Fsp3) is 0.733. The SMILES string of the molecule is Cl.NC1C2CCCC1CC(C(=O)Nc1ccn(CC(F)F)n1)C2. The van der Waals surface area contributed by atoms with Crippen LogP contribution in [0.15, 0.2) is 12.3 Å². The molecule has 3 rings (SSSR count). The summed E-state index contributed by atoms with van der Waals surface area (Å²) in [5.74, 6) is 1.09. The Balaban J connectivity index is 0.00000192. The molecule has 8 heteroatoms. The Morgan fingerprint density at radius 1 is 1.39 bits per heavy atom. The molecule has 2 saturated carbocycles. The van der Waals surface area contributed by atoms with Crippen LogP contribution >= 0.6 is 12.4 Å². The molecule has 23 heavy (non-hydrogen) atoms. The summed E-state index contributed by atoms with van der Waals surface area (Å²) in [6.45, 7) is -0.460. The lowest BCUT2D eigenvalue weighted by atomic mass is 9.65. The predicted molar refractivity (Wildman–Crippen MR) is 85.6 cm³/mol. The third-order valence-electron chi connectivity index (χ3n) is 5.00. The zero-order chi connectivity index (χ0) is 15.7. The maximum Gasteiger partial charge on any atom is 0.257 e. The first-order chi connectivity index (χ1) is 10.5. The van der Waals surface area contributed by atoms with Crippen molar-refractivity contribution in [2.24, 2.45) is 23.5 Å². The molecule has 2 fully saturated rings. The van der Waals surface area contributed by atoms with Crippen LogP contribution in [0, 0.1) is 17.8 Å². The van der Waals surface area contributed by atoms with E-state index in [2.05, 4.69) is 10.4 Å². The largest absolute Gasteiger partial charge is 0.327 e. The molecule has 1 amide bonds. The number of rotatable bonds is 4. The van der Waals surface area contributed by atoms with Gasteiger partial charge in [0.05, 0.1) is 0 Å². The lowest BCUT2D eigenvalue weighted by Crippen LogP contribution is -2.48. The maximum absolute atomic E-state index is 12.4. The van der Waals surface area contributed by atoms with E-state index >= 15 is 0 Å². The number of anilines is 1. The molecule has 2 aliphatic carbocycles. The Morgan fingerprint density at radius 3 is 2.65 bits per heavy atom. The summed E-state index contributed by atoms with van der Waals surface area (Å²) < 4.78 is 25.7. The summed E-state index contributed by atoms with van der Waals surface area (Å²) in [4.78, 5) is 12.4.